The number of hydrogen-bond donors (Lipinski definition) is 1. The lowest BCUT2D eigenvalue weighted by atomic mass is 10.3. The predicted octanol–water partition coefficient (Wildman–Crippen LogP) is 1.79. The van der Waals surface area contributed by atoms with E-state index in [2.05, 4.69) is 22.8 Å². The highest BCUT2D eigenvalue weighted by atomic mass is 32.1. The lowest BCUT2D eigenvalue weighted by Gasteiger charge is -1.91. The van der Waals surface area contributed by atoms with Gasteiger partial charge in [0.1, 0.15) is 10.5 Å². The van der Waals surface area contributed by atoms with Crippen LogP contribution in [0, 0.1) is 0 Å². The molecule has 0 radical (unpaired) electrons. The van der Waals surface area contributed by atoms with E-state index in [1.165, 1.54) is 12.8 Å². The van der Waals surface area contributed by atoms with Gasteiger partial charge in [-0.3, -0.25) is 0 Å². The summed E-state index contributed by atoms with van der Waals surface area (Å²) in [5, 5.41) is 8.82. The third-order valence-electron chi connectivity index (χ3n) is 1.20. The molecule has 0 unspecified atom stereocenters. The number of rotatable bonds is 4. The summed E-state index contributed by atoms with van der Waals surface area (Å²) in [6.07, 6.45) is 3.41. The molecule has 0 saturated heterocycles. The van der Waals surface area contributed by atoms with E-state index in [0.29, 0.717) is 0 Å². The van der Waals surface area contributed by atoms with E-state index in [1.807, 2.05) is 0 Å². The molecule has 0 aliphatic rings. The Morgan fingerprint density at radius 2 is 2.40 bits per heavy atom. The fourth-order valence-corrected chi connectivity index (χ4v) is 1.49. The Bertz CT molecular complexity index is 162. The highest BCUT2D eigenvalue weighted by Gasteiger charge is 1.94. The van der Waals surface area contributed by atoms with Crippen LogP contribution >= 0.6 is 24.0 Å². The minimum Gasteiger partial charge on any atom is -0.179 e. The second kappa shape index (κ2) is 4.68. The fourth-order valence-electron chi connectivity index (χ4n) is 0.693. The summed E-state index contributed by atoms with van der Waals surface area (Å²) >= 11 is 5.75. The quantitative estimate of drug-likeness (QED) is 0.556. The molecule has 4 heteroatoms. The summed E-state index contributed by atoms with van der Waals surface area (Å²) < 4.78 is 0. The van der Waals surface area contributed by atoms with Crippen LogP contribution in [-0.4, -0.2) is 16.0 Å². The van der Waals surface area contributed by atoms with Crippen LogP contribution in [0.2, 0.25) is 0 Å². The van der Waals surface area contributed by atoms with E-state index in [9.17, 15) is 0 Å². The van der Waals surface area contributed by atoms with Gasteiger partial charge in [-0.15, -0.1) is 21.5 Å². The van der Waals surface area contributed by atoms with Gasteiger partial charge in [0.05, 0.1) is 0 Å². The van der Waals surface area contributed by atoms with Crippen molar-refractivity contribution in [1.82, 2.24) is 10.2 Å². The van der Waals surface area contributed by atoms with Crippen LogP contribution in [0.5, 0.6) is 0 Å². The molecular weight excluding hydrogens is 164 g/mol. The maximum absolute atomic E-state index is 4.12. The smallest absolute Gasteiger partial charge is 0.117 e. The lowest BCUT2D eigenvalue weighted by Crippen LogP contribution is -1.84. The molecule has 2 nitrogen and oxygen atoms in total. The number of hydrogen-bond acceptors (Lipinski definition) is 4. The lowest BCUT2D eigenvalue weighted by molar-refractivity contribution is 0.787. The van der Waals surface area contributed by atoms with Crippen molar-refractivity contribution in [1.29, 1.82) is 0 Å². The van der Waals surface area contributed by atoms with Crippen molar-refractivity contribution in [3.05, 3.63) is 10.5 Å². The third-order valence-corrected chi connectivity index (χ3v) is 2.28. The van der Waals surface area contributed by atoms with Crippen LogP contribution in [0.15, 0.2) is 5.51 Å². The number of thiol groups is 1. The van der Waals surface area contributed by atoms with Crippen molar-refractivity contribution in [2.75, 3.05) is 5.75 Å². The van der Waals surface area contributed by atoms with Gasteiger partial charge in [-0.05, 0) is 18.6 Å². The Kier molecular flexibility index (Phi) is 3.75. The van der Waals surface area contributed by atoms with E-state index >= 15 is 0 Å². The molecule has 0 spiro atoms. The summed E-state index contributed by atoms with van der Waals surface area (Å²) in [6.45, 7) is 0. The van der Waals surface area contributed by atoms with E-state index in [1.54, 1.807) is 16.8 Å². The zero-order chi connectivity index (χ0) is 7.23. The maximum atomic E-state index is 4.12. The summed E-state index contributed by atoms with van der Waals surface area (Å²) in [5.74, 6) is 0.971. The Morgan fingerprint density at radius 3 is 3.00 bits per heavy atom. The van der Waals surface area contributed by atoms with Gasteiger partial charge in [0.15, 0.2) is 0 Å². The summed E-state index contributed by atoms with van der Waals surface area (Å²) in [6, 6.07) is 0. The topological polar surface area (TPSA) is 25.8 Å². The summed E-state index contributed by atoms with van der Waals surface area (Å²) in [7, 11) is 0. The van der Waals surface area contributed by atoms with Gasteiger partial charge in [0, 0.05) is 6.42 Å². The van der Waals surface area contributed by atoms with Crippen molar-refractivity contribution < 1.29 is 0 Å². The molecule has 1 aromatic rings. The predicted molar refractivity (Wildman–Crippen MR) is 46.7 cm³/mol. The first-order chi connectivity index (χ1) is 4.93. The number of aromatic nitrogens is 2. The van der Waals surface area contributed by atoms with Gasteiger partial charge in [0.25, 0.3) is 0 Å². The average Bonchev–Trinajstić information content (AvgIpc) is 2.41. The minimum atomic E-state index is 0.971. The normalized spacial score (nSPS) is 10.1. The molecule has 0 aliphatic carbocycles. The second-order valence-corrected chi connectivity index (χ2v) is 3.38. The molecule has 0 atom stereocenters. The van der Waals surface area contributed by atoms with Gasteiger partial charge in [0.2, 0.25) is 0 Å². The first-order valence-corrected chi connectivity index (χ1v) is 4.80. The van der Waals surface area contributed by atoms with E-state index in [4.69, 9.17) is 0 Å². The summed E-state index contributed by atoms with van der Waals surface area (Å²) in [5.41, 5.74) is 1.77. The second-order valence-electron chi connectivity index (χ2n) is 2.01. The number of nitrogens with zero attached hydrogens (tertiary/aromatic N) is 2. The van der Waals surface area contributed by atoms with Gasteiger partial charge < -0.3 is 0 Å². The molecule has 0 saturated carbocycles. The maximum Gasteiger partial charge on any atom is 0.117 e. The zero-order valence-electron chi connectivity index (χ0n) is 5.66. The molecular formula is C6H10N2S2. The van der Waals surface area contributed by atoms with Gasteiger partial charge in [-0.1, -0.05) is 0 Å². The first kappa shape index (κ1) is 8.01. The van der Waals surface area contributed by atoms with Gasteiger partial charge in [-0.2, -0.15) is 12.6 Å². The standard InChI is InChI=1S/C6H10N2S2/c9-4-2-1-3-6-8-7-5-10-6/h5,9H,1-4H2. The van der Waals surface area contributed by atoms with Crippen LogP contribution in [-0.2, 0) is 6.42 Å². The van der Waals surface area contributed by atoms with Crippen molar-refractivity contribution in [2.45, 2.75) is 19.3 Å². The molecule has 1 heterocycles. The van der Waals surface area contributed by atoms with Crippen LogP contribution in [0.25, 0.3) is 0 Å². The van der Waals surface area contributed by atoms with Crippen molar-refractivity contribution in [3.8, 4) is 0 Å². The van der Waals surface area contributed by atoms with E-state index < -0.39 is 0 Å². The molecule has 10 heavy (non-hydrogen) atoms. The fraction of sp³-hybridized carbons (Fsp3) is 0.667. The molecule has 0 fully saturated rings. The van der Waals surface area contributed by atoms with Crippen LogP contribution in [0.4, 0.5) is 0 Å². The van der Waals surface area contributed by atoms with Gasteiger partial charge in [-0.25, -0.2) is 0 Å². The molecule has 56 valence electrons. The Labute approximate surface area is 70.1 Å². The van der Waals surface area contributed by atoms with E-state index in [-0.39, 0.29) is 0 Å². The Morgan fingerprint density at radius 1 is 1.50 bits per heavy atom. The number of aryl methyl sites for hydroxylation is 1. The highest BCUT2D eigenvalue weighted by molar-refractivity contribution is 7.80. The molecule has 0 bridgehead atoms. The van der Waals surface area contributed by atoms with Crippen LogP contribution in [0.1, 0.15) is 17.8 Å². The van der Waals surface area contributed by atoms with Crippen molar-refractivity contribution >= 4 is 24.0 Å². The minimum absolute atomic E-state index is 0.971. The zero-order valence-corrected chi connectivity index (χ0v) is 7.37. The highest BCUT2D eigenvalue weighted by Crippen LogP contribution is 2.06. The average molecular weight is 174 g/mol. The molecule has 0 N–H and O–H groups in total. The van der Waals surface area contributed by atoms with Crippen LogP contribution in [0.3, 0.4) is 0 Å². The van der Waals surface area contributed by atoms with E-state index in [0.717, 1.165) is 17.2 Å². The molecule has 0 aromatic carbocycles. The molecule has 0 aliphatic heterocycles. The molecule has 0 amide bonds. The Hall–Kier alpha value is -0.0900. The summed E-state index contributed by atoms with van der Waals surface area (Å²) in [4.78, 5) is 0. The Balaban J connectivity index is 2.15. The molecule has 1 aromatic heterocycles. The SMILES string of the molecule is SCCCCc1nncs1. The largest absolute Gasteiger partial charge is 0.179 e. The monoisotopic (exact) mass is 174 g/mol. The van der Waals surface area contributed by atoms with Crippen LogP contribution < -0.4 is 0 Å². The first-order valence-electron chi connectivity index (χ1n) is 3.29. The molecule has 1 rings (SSSR count). The third kappa shape index (κ3) is 2.66. The number of unbranched alkanes of at least 4 members (excludes halogenated alkanes) is 1. The van der Waals surface area contributed by atoms with Crippen molar-refractivity contribution in [3.63, 3.8) is 0 Å². The van der Waals surface area contributed by atoms with Crippen molar-refractivity contribution in [2.24, 2.45) is 0 Å². The van der Waals surface area contributed by atoms with Gasteiger partial charge >= 0.3 is 0 Å².